The molecule has 0 atom stereocenters. The van der Waals surface area contributed by atoms with Crippen molar-refractivity contribution in [1.29, 1.82) is 0 Å². The molecule has 0 aromatic rings. The van der Waals surface area contributed by atoms with Gasteiger partial charge in [0.2, 0.25) is 5.91 Å². The molecular formula is C11H22N2OS. The smallest absolute Gasteiger partial charge is 0.220 e. The molecule has 0 saturated carbocycles. The Morgan fingerprint density at radius 2 is 1.93 bits per heavy atom. The standard InChI is InChI=1S/C11H22N2OS/c1-11(2,3)8-10(14)13-7-5-4-6-9(12)15/h4-8H2,1-3H3,(H2,12,15)(H,13,14). The first kappa shape index (κ1) is 14.4. The highest BCUT2D eigenvalue weighted by atomic mass is 32.1. The summed E-state index contributed by atoms with van der Waals surface area (Å²) in [4.78, 5) is 11.9. The van der Waals surface area contributed by atoms with Crippen molar-refractivity contribution in [1.82, 2.24) is 5.32 Å². The van der Waals surface area contributed by atoms with E-state index in [-0.39, 0.29) is 11.3 Å². The summed E-state index contributed by atoms with van der Waals surface area (Å²) in [7, 11) is 0. The van der Waals surface area contributed by atoms with Crippen LogP contribution in [-0.4, -0.2) is 17.4 Å². The number of nitrogens with two attached hydrogens (primary N) is 1. The van der Waals surface area contributed by atoms with Gasteiger partial charge in [-0.05, 0) is 24.7 Å². The zero-order valence-corrected chi connectivity index (χ0v) is 10.7. The van der Waals surface area contributed by atoms with Gasteiger partial charge in [-0.25, -0.2) is 0 Å². The van der Waals surface area contributed by atoms with Gasteiger partial charge in [0.1, 0.15) is 0 Å². The fourth-order valence-electron chi connectivity index (χ4n) is 1.20. The highest BCUT2D eigenvalue weighted by Crippen LogP contribution is 2.17. The van der Waals surface area contributed by atoms with Crippen LogP contribution in [-0.2, 0) is 4.79 Å². The fraction of sp³-hybridized carbons (Fsp3) is 0.818. The van der Waals surface area contributed by atoms with Crippen molar-refractivity contribution >= 4 is 23.1 Å². The van der Waals surface area contributed by atoms with Crippen LogP contribution in [0.1, 0.15) is 46.5 Å². The molecular weight excluding hydrogens is 208 g/mol. The largest absolute Gasteiger partial charge is 0.393 e. The average molecular weight is 230 g/mol. The number of amides is 1. The number of carbonyl (C=O) groups excluding carboxylic acids is 1. The van der Waals surface area contributed by atoms with Crippen molar-refractivity contribution in [3.05, 3.63) is 0 Å². The Balaban J connectivity index is 3.44. The van der Waals surface area contributed by atoms with Crippen LogP contribution in [0.3, 0.4) is 0 Å². The SMILES string of the molecule is CC(C)(C)CC(=O)NCCCCC(N)=S. The van der Waals surface area contributed by atoms with Crippen LogP contribution < -0.4 is 11.1 Å². The second-order valence-electron chi connectivity index (χ2n) is 5.01. The molecule has 0 fully saturated rings. The molecule has 0 saturated heterocycles. The van der Waals surface area contributed by atoms with E-state index in [4.69, 9.17) is 18.0 Å². The zero-order chi connectivity index (χ0) is 11.9. The number of hydrogen-bond acceptors (Lipinski definition) is 2. The van der Waals surface area contributed by atoms with Gasteiger partial charge in [-0.15, -0.1) is 0 Å². The number of thiocarbonyl (C=S) groups is 1. The Morgan fingerprint density at radius 1 is 1.33 bits per heavy atom. The highest BCUT2D eigenvalue weighted by Gasteiger charge is 2.14. The summed E-state index contributed by atoms with van der Waals surface area (Å²) < 4.78 is 0. The third-order valence-corrected chi connectivity index (χ3v) is 2.07. The van der Waals surface area contributed by atoms with Gasteiger partial charge >= 0.3 is 0 Å². The summed E-state index contributed by atoms with van der Waals surface area (Å²) in [6, 6.07) is 0. The van der Waals surface area contributed by atoms with Crippen molar-refractivity contribution in [2.24, 2.45) is 11.1 Å². The Kier molecular flexibility index (Phi) is 6.48. The van der Waals surface area contributed by atoms with Gasteiger partial charge in [-0.1, -0.05) is 33.0 Å². The summed E-state index contributed by atoms with van der Waals surface area (Å²) in [5.74, 6) is 0.123. The third kappa shape index (κ3) is 11.3. The van der Waals surface area contributed by atoms with Gasteiger partial charge in [0.15, 0.2) is 0 Å². The fourth-order valence-corrected chi connectivity index (χ4v) is 1.34. The molecule has 88 valence electrons. The van der Waals surface area contributed by atoms with Crippen LogP contribution in [0.5, 0.6) is 0 Å². The molecule has 0 spiro atoms. The molecule has 0 aromatic heterocycles. The Hall–Kier alpha value is -0.640. The Bertz CT molecular complexity index is 221. The van der Waals surface area contributed by atoms with Gasteiger partial charge in [0.25, 0.3) is 0 Å². The van der Waals surface area contributed by atoms with Gasteiger partial charge in [0.05, 0.1) is 4.99 Å². The number of hydrogen-bond donors (Lipinski definition) is 2. The average Bonchev–Trinajstić information content (AvgIpc) is 1.99. The van der Waals surface area contributed by atoms with Crippen LogP contribution in [0.2, 0.25) is 0 Å². The van der Waals surface area contributed by atoms with E-state index >= 15 is 0 Å². The molecule has 1 amide bonds. The summed E-state index contributed by atoms with van der Waals surface area (Å²) in [6.45, 7) is 6.88. The summed E-state index contributed by atoms with van der Waals surface area (Å²) >= 11 is 4.76. The molecule has 0 rings (SSSR count). The van der Waals surface area contributed by atoms with Crippen LogP contribution in [0.25, 0.3) is 0 Å². The molecule has 4 heteroatoms. The second kappa shape index (κ2) is 6.77. The van der Waals surface area contributed by atoms with Crippen molar-refractivity contribution in [2.45, 2.75) is 46.5 Å². The molecule has 3 N–H and O–H groups in total. The minimum absolute atomic E-state index is 0.0584. The number of nitrogens with one attached hydrogen (secondary N) is 1. The van der Waals surface area contributed by atoms with Crippen LogP contribution >= 0.6 is 12.2 Å². The van der Waals surface area contributed by atoms with Gasteiger partial charge < -0.3 is 11.1 Å². The van der Waals surface area contributed by atoms with Crippen LogP contribution in [0, 0.1) is 5.41 Å². The normalized spacial score (nSPS) is 11.1. The van der Waals surface area contributed by atoms with Crippen molar-refractivity contribution < 1.29 is 4.79 Å². The van der Waals surface area contributed by atoms with Crippen LogP contribution in [0.4, 0.5) is 0 Å². The predicted octanol–water partition coefficient (Wildman–Crippen LogP) is 2.00. The number of rotatable bonds is 6. The molecule has 0 bridgehead atoms. The first-order valence-corrected chi connectivity index (χ1v) is 5.77. The number of carbonyl (C=O) groups is 1. The van der Waals surface area contributed by atoms with E-state index in [0.29, 0.717) is 11.4 Å². The molecule has 0 aliphatic carbocycles. The quantitative estimate of drug-likeness (QED) is 0.542. The maximum absolute atomic E-state index is 11.4. The van der Waals surface area contributed by atoms with E-state index in [1.807, 2.05) is 0 Å². The lowest BCUT2D eigenvalue weighted by molar-refractivity contribution is -0.122. The summed E-state index contributed by atoms with van der Waals surface area (Å²) in [5.41, 5.74) is 5.42. The monoisotopic (exact) mass is 230 g/mol. The van der Waals surface area contributed by atoms with E-state index in [2.05, 4.69) is 26.1 Å². The minimum atomic E-state index is 0.0584. The van der Waals surface area contributed by atoms with E-state index in [1.165, 1.54) is 0 Å². The molecule has 0 aliphatic heterocycles. The lowest BCUT2D eigenvalue weighted by atomic mass is 9.92. The predicted molar refractivity (Wildman–Crippen MR) is 67.7 cm³/mol. The summed E-state index contributed by atoms with van der Waals surface area (Å²) in [5, 5.41) is 2.89. The van der Waals surface area contributed by atoms with E-state index in [9.17, 15) is 4.79 Å². The molecule has 0 radical (unpaired) electrons. The molecule has 15 heavy (non-hydrogen) atoms. The van der Waals surface area contributed by atoms with E-state index in [0.717, 1.165) is 25.8 Å². The highest BCUT2D eigenvalue weighted by molar-refractivity contribution is 7.80. The van der Waals surface area contributed by atoms with Crippen LogP contribution in [0.15, 0.2) is 0 Å². The molecule has 0 aliphatic rings. The topological polar surface area (TPSA) is 55.1 Å². The lowest BCUT2D eigenvalue weighted by Gasteiger charge is -2.17. The maximum Gasteiger partial charge on any atom is 0.220 e. The first-order valence-electron chi connectivity index (χ1n) is 5.36. The van der Waals surface area contributed by atoms with Crippen molar-refractivity contribution in [3.8, 4) is 0 Å². The van der Waals surface area contributed by atoms with Crippen molar-refractivity contribution in [2.75, 3.05) is 6.54 Å². The maximum atomic E-state index is 11.4. The van der Waals surface area contributed by atoms with E-state index < -0.39 is 0 Å². The minimum Gasteiger partial charge on any atom is -0.393 e. The second-order valence-corrected chi connectivity index (χ2v) is 5.54. The first-order chi connectivity index (χ1) is 6.81. The molecule has 0 heterocycles. The molecule has 3 nitrogen and oxygen atoms in total. The Labute approximate surface area is 97.8 Å². The van der Waals surface area contributed by atoms with Gasteiger partial charge in [-0.3, -0.25) is 4.79 Å². The van der Waals surface area contributed by atoms with Crippen molar-refractivity contribution in [3.63, 3.8) is 0 Å². The van der Waals surface area contributed by atoms with Gasteiger partial charge in [-0.2, -0.15) is 0 Å². The zero-order valence-electron chi connectivity index (χ0n) is 9.93. The lowest BCUT2D eigenvalue weighted by Crippen LogP contribution is -2.28. The number of unbranched alkanes of at least 4 members (excludes halogenated alkanes) is 1. The third-order valence-electron chi connectivity index (χ3n) is 1.86. The van der Waals surface area contributed by atoms with Gasteiger partial charge in [0, 0.05) is 13.0 Å². The Morgan fingerprint density at radius 3 is 2.40 bits per heavy atom. The summed E-state index contributed by atoms with van der Waals surface area (Å²) in [6.07, 6.45) is 3.23. The van der Waals surface area contributed by atoms with E-state index in [1.54, 1.807) is 0 Å². The molecule has 0 unspecified atom stereocenters. The molecule has 0 aromatic carbocycles.